The van der Waals surface area contributed by atoms with Gasteiger partial charge in [0.15, 0.2) is 6.61 Å². The van der Waals surface area contributed by atoms with E-state index in [1.165, 1.54) is 46.1 Å². The molecule has 0 radical (unpaired) electrons. The lowest BCUT2D eigenvalue weighted by Crippen LogP contribution is -2.37. The van der Waals surface area contributed by atoms with Gasteiger partial charge in [0.25, 0.3) is 5.91 Å². The lowest BCUT2D eigenvalue weighted by atomic mass is 9.91. The first-order valence-corrected chi connectivity index (χ1v) is 11.0. The zero-order chi connectivity index (χ0) is 22.7. The number of rotatable bonds is 7. The van der Waals surface area contributed by atoms with Crippen LogP contribution in [0.4, 0.5) is 10.1 Å². The van der Waals surface area contributed by atoms with E-state index in [2.05, 4.69) is 6.07 Å². The molecular weight excluding hydrogens is 431 g/mol. The van der Waals surface area contributed by atoms with E-state index in [9.17, 15) is 18.8 Å². The highest BCUT2D eigenvalue weighted by Crippen LogP contribution is 2.39. The van der Waals surface area contributed by atoms with Crippen molar-refractivity contribution >= 4 is 34.8 Å². The zero-order valence-electron chi connectivity index (χ0n) is 17.2. The van der Waals surface area contributed by atoms with Gasteiger partial charge in [-0.1, -0.05) is 24.3 Å². The smallest absolute Gasteiger partial charge is 0.348 e. The molecule has 3 aromatic rings. The van der Waals surface area contributed by atoms with E-state index in [-0.39, 0.29) is 13.0 Å². The molecule has 0 unspecified atom stereocenters. The first-order chi connectivity index (χ1) is 15.4. The number of halogens is 1. The number of primary amides is 1. The van der Waals surface area contributed by atoms with Gasteiger partial charge in [-0.2, -0.15) is 0 Å². The Morgan fingerprint density at radius 3 is 2.50 bits per heavy atom. The summed E-state index contributed by atoms with van der Waals surface area (Å²) in [6, 6.07) is 15.2. The summed E-state index contributed by atoms with van der Waals surface area (Å²) in [5.74, 6) is -2.14. The van der Waals surface area contributed by atoms with Gasteiger partial charge in [-0.05, 0) is 59.9 Å². The monoisotopic (exact) mass is 452 g/mol. The number of ether oxygens (including phenoxy) is 1. The molecule has 1 aromatic heterocycles. The molecule has 1 aliphatic carbocycles. The van der Waals surface area contributed by atoms with E-state index in [4.69, 9.17) is 10.5 Å². The second-order valence-corrected chi connectivity index (χ2v) is 8.49. The largest absolute Gasteiger partial charge is 0.451 e. The molecule has 0 atom stereocenters. The molecule has 2 aromatic carbocycles. The fourth-order valence-corrected chi connectivity index (χ4v) is 4.85. The Kier molecular flexibility index (Phi) is 6.32. The van der Waals surface area contributed by atoms with E-state index in [1.54, 1.807) is 0 Å². The summed E-state index contributed by atoms with van der Waals surface area (Å²) in [7, 11) is 0. The molecule has 0 saturated carbocycles. The second kappa shape index (κ2) is 9.32. The number of nitrogens with zero attached hydrogens (tertiary/aromatic N) is 1. The third kappa shape index (κ3) is 4.70. The van der Waals surface area contributed by atoms with Gasteiger partial charge >= 0.3 is 5.97 Å². The van der Waals surface area contributed by atoms with Crippen LogP contribution in [0.15, 0.2) is 54.6 Å². The van der Waals surface area contributed by atoms with Crippen LogP contribution in [0.3, 0.4) is 0 Å². The van der Waals surface area contributed by atoms with Crippen molar-refractivity contribution in [1.29, 1.82) is 0 Å². The van der Waals surface area contributed by atoms with Crippen molar-refractivity contribution in [3.8, 4) is 10.4 Å². The molecule has 1 aliphatic rings. The van der Waals surface area contributed by atoms with Crippen molar-refractivity contribution in [2.75, 3.05) is 18.1 Å². The highest BCUT2D eigenvalue weighted by molar-refractivity contribution is 7.17. The van der Waals surface area contributed by atoms with Crippen LogP contribution in [0, 0.1) is 5.82 Å². The van der Waals surface area contributed by atoms with Crippen molar-refractivity contribution < 1.29 is 23.5 Å². The summed E-state index contributed by atoms with van der Waals surface area (Å²) in [5.41, 5.74) is 9.07. The number of amides is 2. The third-order valence-corrected chi connectivity index (χ3v) is 6.47. The second-order valence-electron chi connectivity index (χ2n) is 7.44. The Labute approximate surface area is 188 Å². The minimum atomic E-state index is -0.579. The summed E-state index contributed by atoms with van der Waals surface area (Å²) in [4.78, 5) is 39.3. The van der Waals surface area contributed by atoms with E-state index in [1.807, 2.05) is 24.3 Å². The lowest BCUT2D eigenvalue weighted by Gasteiger charge is -2.22. The molecule has 0 spiro atoms. The molecule has 0 aliphatic heterocycles. The SMILES string of the molecule is NC(=O)CCN(C(=O)COC(=O)c1cc2c(s1)-c1ccccc1CC2)c1ccc(F)cc1. The number of thiophene rings is 1. The van der Waals surface area contributed by atoms with Crippen molar-refractivity contribution in [1.82, 2.24) is 0 Å². The zero-order valence-corrected chi connectivity index (χ0v) is 18.0. The molecule has 0 fully saturated rings. The maximum absolute atomic E-state index is 13.3. The number of hydrogen-bond acceptors (Lipinski definition) is 5. The van der Waals surface area contributed by atoms with Crippen molar-refractivity contribution in [3.63, 3.8) is 0 Å². The molecule has 0 bridgehead atoms. The normalized spacial score (nSPS) is 11.9. The van der Waals surface area contributed by atoms with Crippen molar-refractivity contribution in [2.24, 2.45) is 5.73 Å². The van der Waals surface area contributed by atoms with Crippen LogP contribution in [0.5, 0.6) is 0 Å². The number of carbonyl (C=O) groups excluding carboxylic acids is 3. The van der Waals surface area contributed by atoms with Crippen molar-refractivity contribution in [2.45, 2.75) is 19.3 Å². The summed E-state index contributed by atoms with van der Waals surface area (Å²) in [6.45, 7) is -0.504. The predicted octanol–water partition coefficient (Wildman–Crippen LogP) is 3.72. The summed E-state index contributed by atoms with van der Waals surface area (Å²) in [6.07, 6.45) is 1.69. The van der Waals surface area contributed by atoms with Crippen LogP contribution in [-0.4, -0.2) is 30.9 Å². The number of benzene rings is 2. The average Bonchev–Trinajstić information content (AvgIpc) is 3.23. The topological polar surface area (TPSA) is 89.7 Å². The average molecular weight is 453 g/mol. The number of esters is 1. The number of aryl methyl sites for hydroxylation is 2. The van der Waals surface area contributed by atoms with Gasteiger partial charge < -0.3 is 15.4 Å². The molecule has 32 heavy (non-hydrogen) atoms. The van der Waals surface area contributed by atoms with Gasteiger partial charge in [-0.15, -0.1) is 11.3 Å². The molecule has 164 valence electrons. The quantitative estimate of drug-likeness (QED) is 0.554. The van der Waals surface area contributed by atoms with Crippen molar-refractivity contribution in [3.05, 3.63) is 76.4 Å². The highest BCUT2D eigenvalue weighted by Gasteiger charge is 2.24. The van der Waals surface area contributed by atoms with Crippen LogP contribution in [0.25, 0.3) is 10.4 Å². The van der Waals surface area contributed by atoms with Gasteiger partial charge in [0.2, 0.25) is 5.91 Å². The summed E-state index contributed by atoms with van der Waals surface area (Å²) >= 11 is 1.36. The minimum Gasteiger partial charge on any atom is -0.451 e. The highest BCUT2D eigenvalue weighted by atomic mass is 32.1. The van der Waals surface area contributed by atoms with Gasteiger partial charge in [0.05, 0.1) is 0 Å². The first-order valence-electron chi connectivity index (χ1n) is 10.1. The van der Waals surface area contributed by atoms with E-state index in [0.29, 0.717) is 10.6 Å². The van der Waals surface area contributed by atoms with Crippen LogP contribution >= 0.6 is 11.3 Å². The number of fused-ring (bicyclic) bond motifs is 3. The Bertz CT molecular complexity index is 1170. The summed E-state index contributed by atoms with van der Waals surface area (Å²) in [5, 5.41) is 0. The van der Waals surface area contributed by atoms with Gasteiger partial charge in [-0.3, -0.25) is 9.59 Å². The van der Waals surface area contributed by atoms with Gasteiger partial charge in [0, 0.05) is 23.5 Å². The number of carbonyl (C=O) groups is 3. The molecule has 8 heteroatoms. The predicted molar refractivity (Wildman–Crippen MR) is 120 cm³/mol. The number of hydrogen-bond donors (Lipinski definition) is 1. The fourth-order valence-electron chi connectivity index (χ4n) is 3.69. The first kappa shape index (κ1) is 21.7. The number of nitrogens with two attached hydrogens (primary N) is 1. The Morgan fingerprint density at radius 1 is 1.03 bits per heavy atom. The maximum atomic E-state index is 13.3. The molecule has 2 N–H and O–H groups in total. The molecular formula is C24H21FN2O4S. The van der Waals surface area contributed by atoms with Crippen LogP contribution in [-0.2, 0) is 27.2 Å². The van der Waals surface area contributed by atoms with Crippen LogP contribution < -0.4 is 10.6 Å². The Morgan fingerprint density at radius 2 is 1.75 bits per heavy atom. The molecule has 1 heterocycles. The fraction of sp³-hybridized carbons (Fsp3) is 0.208. The van der Waals surface area contributed by atoms with Crippen LogP contribution in [0.1, 0.15) is 27.2 Å². The molecule has 4 rings (SSSR count). The Hall–Kier alpha value is -3.52. The number of anilines is 1. The standard InChI is InChI=1S/C24H21FN2O4S/c25-17-7-9-18(10-8-17)27(12-11-21(26)28)22(29)14-31-24(30)20-13-16-6-5-15-3-1-2-4-19(15)23(16)32-20/h1-4,7-10,13H,5-6,11-12,14H2,(H2,26,28). The molecule has 6 nitrogen and oxygen atoms in total. The van der Waals surface area contributed by atoms with E-state index < -0.39 is 30.2 Å². The summed E-state index contributed by atoms with van der Waals surface area (Å²) < 4.78 is 18.5. The maximum Gasteiger partial charge on any atom is 0.348 e. The lowest BCUT2D eigenvalue weighted by molar-refractivity contribution is -0.121. The van der Waals surface area contributed by atoms with Crippen LogP contribution in [0.2, 0.25) is 0 Å². The molecule has 0 saturated heterocycles. The third-order valence-electron chi connectivity index (χ3n) is 5.28. The van der Waals surface area contributed by atoms with E-state index in [0.717, 1.165) is 28.8 Å². The van der Waals surface area contributed by atoms with Gasteiger partial charge in [-0.25, -0.2) is 9.18 Å². The Balaban J connectivity index is 1.45. The molecule has 2 amide bonds. The minimum absolute atomic E-state index is 0.00142. The van der Waals surface area contributed by atoms with E-state index >= 15 is 0 Å². The van der Waals surface area contributed by atoms with Gasteiger partial charge in [0.1, 0.15) is 10.7 Å².